The molecule has 0 radical (unpaired) electrons. The number of nitro benzene ring substituents is 1. The SMILES string of the molecule is C=C/C=C\C(=C/C)N1C(=O)/C(=C/c2cc(Cl)c(OCc3ccc([N+](=O)[O-])cc3)c(Cl)c2)C(=O)N=C1SCC(=O)NC(c1ccccc1)c1ccccc1. The summed E-state index contributed by atoms with van der Waals surface area (Å²) in [5.74, 6) is -1.80. The number of amidine groups is 1. The summed E-state index contributed by atoms with van der Waals surface area (Å²) in [5, 5.41) is 14.3. The quantitative estimate of drug-likeness (QED) is 0.0473. The highest BCUT2D eigenvalue weighted by Gasteiger charge is 2.35. The Morgan fingerprint density at radius 2 is 1.60 bits per heavy atom. The predicted octanol–water partition coefficient (Wildman–Crippen LogP) is 8.87. The van der Waals surface area contributed by atoms with Gasteiger partial charge in [0.05, 0.1) is 26.8 Å². The van der Waals surface area contributed by atoms with Crippen LogP contribution in [0.25, 0.3) is 6.08 Å². The summed E-state index contributed by atoms with van der Waals surface area (Å²) in [6.45, 7) is 5.46. The van der Waals surface area contributed by atoms with Crippen LogP contribution in [0.5, 0.6) is 5.75 Å². The second-order valence-corrected chi connectivity index (χ2v) is 13.1. The van der Waals surface area contributed by atoms with Gasteiger partial charge in [-0.3, -0.25) is 29.4 Å². The van der Waals surface area contributed by atoms with Gasteiger partial charge in [0, 0.05) is 17.8 Å². The Labute approximate surface area is 320 Å². The number of nitrogens with one attached hydrogen (secondary N) is 1. The first kappa shape index (κ1) is 38.5. The van der Waals surface area contributed by atoms with Gasteiger partial charge >= 0.3 is 0 Å². The molecule has 1 heterocycles. The minimum Gasteiger partial charge on any atom is -0.486 e. The third-order valence-electron chi connectivity index (χ3n) is 7.77. The largest absolute Gasteiger partial charge is 0.486 e. The van der Waals surface area contributed by atoms with Gasteiger partial charge in [-0.05, 0) is 65.6 Å². The van der Waals surface area contributed by atoms with Crippen LogP contribution < -0.4 is 10.1 Å². The lowest BCUT2D eigenvalue weighted by molar-refractivity contribution is -0.384. The molecule has 5 rings (SSSR count). The van der Waals surface area contributed by atoms with Gasteiger partial charge in [0.2, 0.25) is 5.91 Å². The molecule has 53 heavy (non-hydrogen) atoms. The van der Waals surface area contributed by atoms with Gasteiger partial charge in [0.1, 0.15) is 12.2 Å². The number of benzene rings is 4. The molecular weight excluding hydrogens is 735 g/mol. The molecule has 0 aliphatic carbocycles. The number of rotatable bonds is 13. The molecule has 268 valence electrons. The average Bonchev–Trinajstić information content (AvgIpc) is 3.16. The molecule has 1 N–H and O–H groups in total. The predicted molar refractivity (Wildman–Crippen MR) is 210 cm³/mol. The number of nitrogens with zero attached hydrogens (tertiary/aromatic N) is 3. The van der Waals surface area contributed by atoms with Crippen LogP contribution in [0.2, 0.25) is 10.0 Å². The number of carbonyl (C=O) groups excluding carboxylic acids is 3. The molecule has 3 amide bonds. The summed E-state index contributed by atoms with van der Waals surface area (Å²) in [5.41, 5.74) is 2.85. The molecule has 1 aliphatic heterocycles. The molecule has 13 heteroatoms. The van der Waals surface area contributed by atoms with Gasteiger partial charge in [-0.25, -0.2) is 0 Å². The molecule has 4 aromatic carbocycles. The van der Waals surface area contributed by atoms with E-state index in [2.05, 4.69) is 16.9 Å². The van der Waals surface area contributed by atoms with Crippen LogP contribution in [0.3, 0.4) is 0 Å². The molecule has 0 fully saturated rings. The topological polar surface area (TPSA) is 131 Å². The second kappa shape index (κ2) is 18.1. The maximum absolute atomic E-state index is 14.1. The number of allylic oxidation sites excluding steroid dienone is 4. The summed E-state index contributed by atoms with van der Waals surface area (Å²) in [7, 11) is 0. The van der Waals surface area contributed by atoms with Gasteiger partial charge in [0.25, 0.3) is 17.5 Å². The lowest BCUT2D eigenvalue weighted by Crippen LogP contribution is -2.42. The zero-order chi connectivity index (χ0) is 37.9. The number of thioether (sulfide) groups is 1. The first-order valence-corrected chi connectivity index (χ1v) is 17.9. The van der Waals surface area contributed by atoms with Crippen LogP contribution in [-0.2, 0) is 21.0 Å². The monoisotopic (exact) mass is 766 g/mol. The average molecular weight is 768 g/mol. The Hall–Kier alpha value is -5.75. The fourth-order valence-electron chi connectivity index (χ4n) is 5.23. The minimum atomic E-state index is -0.811. The van der Waals surface area contributed by atoms with Crippen molar-refractivity contribution in [2.75, 3.05) is 5.75 Å². The van der Waals surface area contributed by atoms with Gasteiger partial charge in [-0.2, -0.15) is 4.99 Å². The molecule has 0 spiro atoms. The highest BCUT2D eigenvalue weighted by atomic mass is 35.5. The second-order valence-electron chi connectivity index (χ2n) is 11.3. The zero-order valence-electron chi connectivity index (χ0n) is 28.3. The first-order chi connectivity index (χ1) is 25.6. The number of hydrogen-bond donors (Lipinski definition) is 1. The number of amides is 3. The summed E-state index contributed by atoms with van der Waals surface area (Å²) in [6, 6.07) is 27.5. The van der Waals surface area contributed by atoms with E-state index >= 15 is 0 Å². The van der Waals surface area contributed by atoms with E-state index in [1.54, 1.807) is 43.4 Å². The molecule has 4 aromatic rings. The number of aliphatic imine (C=N–C) groups is 1. The van der Waals surface area contributed by atoms with Crippen molar-refractivity contribution in [1.82, 2.24) is 10.2 Å². The Morgan fingerprint density at radius 1 is 1.00 bits per heavy atom. The zero-order valence-corrected chi connectivity index (χ0v) is 30.6. The van der Waals surface area contributed by atoms with E-state index in [1.165, 1.54) is 35.2 Å². The Bertz CT molecular complexity index is 2090. The van der Waals surface area contributed by atoms with Crippen LogP contribution in [0.15, 0.2) is 144 Å². The van der Waals surface area contributed by atoms with Crippen molar-refractivity contribution < 1.29 is 24.0 Å². The van der Waals surface area contributed by atoms with E-state index in [4.69, 9.17) is 27.9 Å². The molecule has 0 saturated heterocycles. The molecule has 0 atom stereocenters. The van der Waals surface area contributed by atoms with Crippen molar-refractivity contribution in [1.29, 1.82) is 0 Å². The number of hydrogen-bond acceptors (Lipinski definition) is 7. The van der Waals surface area contributed by atoms with Gasteiger partial charge in [-0.15, -0.1) is 0 Å². The summed E-state index contributed by atoms with van der Waals surface area (Å²) < 4.78 is 5.80. The third kappa shape index (κ3) is 9.78. The highest BCUT2D eigenvalue weighted by molar-refractivity contribution is 8.14. The Morgan fingerprint density at radius 3 is 2.15 bits per heavy atom. The van der Waals surface area contributed by atoms with Crippen molar-refractivity contribution >= 4 is 69.6 Å². The highest BCUT2D eigenvalue weighted by Crippen LogP contribution is 2.36. The lowest BCUT2D eigenvalue weighted by Gasteiger charge is -2.28. The van der Waals surface area contributed by atoms with E-state index in [-0.39, 0.29) is 50.5 Å². The van der Waals surface area contributed by atoms with Crippen molar-refractivity contribution in [3.63, 3.8) is 0 Å². The molecule has 0 saturated carbocycles. The van der Waals surface area contributed by atoms with E-state index in [0.29, 0.717) is 16.8 Å². The van der Waals surface area contributed by atoms with Gasteiger partial charge in [-0.1, -0.05) is 120 Å². The van der Waals surface area contributed by atoms with Crippen LogP contribution in [-0.4, -0.2) is 38.5 Å². The number of carbonyl (C=O) groups is 3. The fourth-order valence-corrected chi connectivity index (χ4v) is 6.65. The Kier molecular flexibility index (Phi) is 13.2. The van der Waals surface area contributed by atoms with E-state index < -0.39 is 22.8 Å². The van der Waals surface area contributed by atoms with Crippen LogP contribution in [0, 0.1) is 10.1 Å². The molecule has 0 bridgehead atoms. The number of ether oxygens (including phenoxy) is 1. The molecule has 0 aromatic heterocycles. The van der Waals surface area contributed by atoms with Crippen LogP contribution >= 0.6 is 35.0 Å². The van der Waals surface area contributed by atoms with Crippen LogP contribution in [0.1, 0.15) is 35.2 Å². The summed E-state index contributed by atoms with van der Waals surface area (Å²) in [6.07, 6.45) is 7.83. The smallest absolute Gasteiger partial charge is 0.285 e. The molecule has 10 nitrogen and oxygen atoms in total. The summed E-state index contributed by atoms with van der Waals surface area (Å²) in [4.78, 5) is 56.9. The minimum absolute atomic E-state index is 0.0242. The maximum atomic E-state index is 14.1. The van der Waals surface area contributed by atoms with Gasteiger partial charge < -0.3 is 10.1 Å². The third-order valence-corrected chi connectivity index (χ3v) is 9.27. The molecular formula is C40H32Cl2N4O6S. The van der Waals surface area contributed by atoms with E-state index in [9.17, 15) is 24.5 Å². The van der Waals surface area contributed by atoms with Crippen molar-refractivity contribution in [3.05, 3.63) is 182 Å². The lowest BCUT2D eigenvalue weighted by atomic mass is 9.99. The number of halogens is 2. The van der Waals surface area contributed by atoms with E-state index in [0.717, 1.165) is 22.9 Å². The molecule has 1 aliphatic rings. The fraction of sp³-hybridized carbons (Fsp3) is 0.100. The molecule has 0 unspecified atom stereocenters. The van der Waals surface area contributed by atoms with E-state index in [1.807, 2.05) is 60.7 Å². The van der Waals surface area contributed by atoms with Gasteiger partial charge in [0.15, 0.2) is 10.9 Å². The van der Waals surface area contributed by atoms with Crippen molar-refractivity contribution in [3.8, 4) is 5.75 Å². The standard InChI is InChI=1S/C40H32Cl2N4O6S/c1-3-5-16-30(4-2)45-39(49)32(21-27-22-33(41)37(34(42)23-27)52-24-26-17-19-31(20-18-26)46(50)51)38(48)44-40(45)53-25-35(47)43-36(28-12-8-6-9-13-28)29-14-10-7-11-15-29/h3-23,36H,1,24-25H2,2H3,(H,43,47)/b16-5-,30-4+,32-21+. The Balaban J connectivity index is 1.38. The van der Waals surface area contributed by atoms with Crippen LogP contribution in [0.4, 0.5) is 5.69 Å². The normalized spacial score (nSPS) is 14.1. The van der Waals surface area contributed by atoms with Crippen molar-refractivity contribution in [2.24, 2.45) is 4.99 Å². The van der Waals surface area contributed by atoms with Crippen molar-refractivity contribution in [2.45, 2.75) is 19.6 Å². The first-order valence-electron chi connectivity index (χ1n) is 16.1. The summed E-state index contributed by atoms with van der Waals surface area (Å²) >= 11 is 14.0. The number of non-ortho nitro benzene ring substituents is 1. The maximum Gasteiger partial charge on any atom is 0.285 e. The number of nitro groups is 1.